The van der Waals surface area contributed by atoms with E-state index in [4.69, 9.17) is 5.73 Å². The van der Waals surface area contributed by atoms with Gasteiger partial charge in [0.05, 0.1) is 5.92 Å². The zero-order valence-corrected chi connectivity index (χ0v) is 12.8. The van der Waals surface area contributed by atoms with Crippen LogP contribution < -0.4 is 16.4 Å². The Morgan fingerprint density at radius 1 is 1.26 bits per heavy atom. The Morgan fingerprint density at radius 3 is 2.37 bits per heavy atom. The van der Waals surface area contributed by atoms with Gasteiger partial charge in [-0.2, -0.15) is 0 Å². The highest BCUT2D eigenvalue weighted by Crippen LogP contribution is 2.23. The molecule has 0 aliphatic heterocycles. The van der Waals surface area contributed by atoms with Crippen LogP contribution in [0.25, 0.3) is 0 Å². The molecule has 0 aromatic carbocycles. The topological polar surface area (TPSA) is 84.2 Å². The average Bonchev–Trinajstić information content (AvgIpc) is 2.61. The summed E-state index contributed by atoms with van der Waals surface area (Å²) in [5.74, 6) is -0.127. The van der Waals surface area contributed by atoms with E-state index in [2.05, 4.69) is 10.6 Å². The summed E-state index contributed by atoms with van der Waals surface area (Å²) in [6.07, 6.45) is 3.11. The van der Waals surface area contributed by atoms with E-state index < -0.39 is 0 Å². The first-order valence-electron chi connectivity index (χ1n) is 6.64. The summed E-state index contributed by atoms with van der Waals surface area (Å²) in [5, 5.41) is 5.65. The first kappa shape index (κ1) is 18.2. The van der Waals surface area contributed by atoms with Crippen molar-refractivity contribution in [3.63, 3.8) is 0 Å². The van der Waals surface area contributed by atoms with Crippen LogP contribution in [0.15, 0.2) is 0 Å². The van der Waals surface area contributed by atoms with E-state index in [0.717, 1.165) is 19.3 Å². The lowest BCUT2D eigenvalue weighted by Gasteiger charge is -2.20. The minimum Gasteiger partial charge on any atom is -0.355 e. The highest BCUT2D eigenvalue weighted by atomic mass is 35.5. The Bertz CT molecular complexity index is 316. The van der Waals surface area contributed by atoms with Gasteiger partial charge in [0.25, 0.3) is 0 Å². The number of nitrogens with one attached hydrogen (secondary N) is 2. The monoisotopic (exact) mass is 291 g/mol. The first-order valence-corrected chi connectivity index (χ1v) is 6.64. The largest absolute Gasteiger partial charge is 0.355 e. The van der Waals surface area contributed by atoms with Crippen LogP contribution in [0, 0.1) is 5.92 Å². The molecule has 0 radical (unpaired) electrons. The number of hydrogen-bond donors (Lipinski definition) is 3. The molecule has 2 unspecified atom stereocenters. The van der Waals surface area contributed by atoms with Gasteiger partial charge in [0, 0.05) is 24.5 Å². The van der Waals surface area contributed by atoms with Gasteiger partial charge in [0.15, 0.2) is 0 Å². The van der Waals surface area contributed by atoms with Crippen molar-refractivity contribution in [3.05, 3.63) is 0 Å². The van der Waals surface area contributed by atoms with E-state index in [1.807, 2.05) is 20.8 Å². The van der Waals surface area contributed by atoms with E-state index in [0.29, 0.717) is 13.0 Å². The predicted octanol–water partition coefficient (Wildman–Crippen LogP) is 0.957. The van der Waals surface area contributed by atoms with Crippen molar-refractivity contribution in [3.8, 4) is 0 Å². The van der Waals surface area contributed by atoms with Gasteiger partial charge >= 0.3 is 0 Å². The molecule has 6 heteroatoms. The third kappa shape index (κ3) is 6.78. The van der Waals surface area contributed by atoms with E-state index in [9.17, 15) is 9.59 Å². The number of carbonyl (C=O) groups is 2. The summed E-state index contributed by atoms with van der Waals surface area (Å²) in [6, 6.07) is -0.0200. The summed E-state index contributed by atoms with van der Waals surface area (Å²) in [4.78, 5) is 23.3. The van der Waals surface area contributed by atoms with Crippen LogP contribution in [-0.2, 0) is 9.59 Å². The van der Waals surface area contributed by atoms with Gasteiger partial charge in [-0.15, -0.1) is 12.4 Å². The quantitative estimate of drug-likeness (QED) is 0.721. The lowest BCUT2D eigenvalue weighted by atomic mass is 10.0. The Morgan fingerprint density at radius 2 is 1.89 bits per heavy atom. The molecule has 0 bridgehead atoms. The molecule has 1 aliphatic carbocycles. The molecule has 112 valence electrons. The van der Waals surface area contributed by atoms with Crippen LogP contribution in [0.1, 0.15) is 46.5 Å². The predicted molar refractivity (Wildman–Crippen MR) is 78.1 cm³/mol. The third-order valence-electron chi connectivity index (χ3n) is 3.07. The molecule has 1 rings (SSSR count). The van der Waals surface area contributed by atoms with Gasteiger partial charge < -0.3 is 16.4 Å². The number of carbonyl (C=O) groups excluding carboxylic acids is 2. The fourth-order valence-electron chi connectivity index (χ4n) is 2.23. The molecule has 0 heterocycles. The molecule has 0 aromatic rings. The molecule has 0 aromatic heterocycles. The van der Waals surface area contributed by atoms with Gasteiger partial charge in [-0.3, -0.25) is 9.59 Å². The van der Waals surface area contributed by atoms with E-state index in [1.54, 1.807) is 0 Å². The molecular formula is C13H26ClN3O2. The molecule has 2 atom stereocenters. The molecule has 0 spiro atoms. The van der Waals surface area contributed by atoms with Crippen molar-refractivity contribution in [2.45, 2.75) is 58.0 Å². The average molecular weight is 292 g/mol. The second-order valence-corrected chi connectivity index (χ2v) is 6.04. The van der Waals surface area contributed by atoms with Crippen LogP contribution in [0.2, 0.25) is 0 Å². The maximum Gasteiger partial charge on any atom is 0.224 e. The van der Waals surface area contributed by atoms with Crippen LogP contribution in [0.5, 0.6) is 0 Å². The lowest BCUT2D eigenvalue weighted by molar-refractivity contribution is -0.125. The third-order valence-corrected chi connectivity index (χ3v) is 3.07. The molecule has 1 saturated carbocycles. The maximum absolute atomic E-state index is 11.8. The van der Waals surface area contributed by atoms with Gasteiger partial charge in [-0.25, -0.2) is 0 Å². The van der Waals surface area contributed by atoms with E-state index in [-0.39, 0.29) is 41.7 Å². The number of amides is 2. The summed E-state index contributed by atoms with van der Waals surface area (Å²) in [6.45, 7) is 6.17. The van der Waals surface area contributed by atoms with Crippen molar-refractivity contribution < 1.29 is 9.59 Å². The molecule has 0 saturated heterocycles. The van der Waals surface area contributed by atoms with Crippen molar-refractivity contribution in [2.24, 2.45) is 11.7 Å². The van der Waals surface area contributed by atoms with Crippen LogP contribution in [0.3, 0.4) is 0 Å². The Balaban J connectivity index is 0.00000324. The summed E-state index contributed by atoms with van der Waals surface area (Å²) >= 11 is 0. The Kier molecular flexibility index (Phi) is 7.37. The second-order valence-electron chi connectivity index (χ2n) is 6.04. The Labute approximate surface area is 121 Å². The molecule has 4 N–H and O–H groups in total. The van der Waals surface area contributed by atoms with E-state index >= 15 is 0 Å². The van der Waals surface area contributed by atoms with Crippen LogP contribution in [0.4, 0.5) is 0 Å². The van der Waals surface area contributed by atoms with Gasteiger partial charge in [0.2, 0.25) is 11.8 Å². The smallest absolute Gasteiger partial charge is 0.224 e. The number of rotatable bonds is 4. The summed E-state index contributed by atoms with van der Waals surface area (Å²) in [7, 11) is 0. The molecule has 19 heavy (non-hydrogen) atoms. The minimum absolute atomic E-state index is 0. The molecular weight excluding hydrogens is 266 g/mol. The van der Waals surface area contributed by atoms with Gasteiger partial charge in [0.1, 0.15) is 0 Å². The second kappa shape index (κ2) is 7.70. The summed E-state index contributed by atoms with van der Waals surface area (Å²) in [5.41, 5.74) is 5.63. The zero-order valence-electron chi connectivity index (χ0n) is 12.0. The number of hydrogen-bond acceptors (Lipinski definition) is 3. The minimum atomic E-state index is -0.227. The van der Waals surface area contributed by atoms with Crippen molar-refractivity contribution >= 4 is 24.2 Å². The molecule has 2 amide bonds. The molecule has 1 fully saturated rings. The fraction of sp³-hybridized carbons (Fsp3) is 0.846. The normalized spacial score (nSPS) is 22.5. The fourth-order valence-corrected chi connectivity index (χ4v) is 2.23. The van der Waals surface area contributed by atoms with Gasteiger partial charge in [-0.1, -0.05) is 6.42 Å². The van der Waals surface area contributed by atoms with Gasteiger partial charge in [-0.05, 0) is 33.6 Å². The number of nitrogens with two attached hydrogens (primary N) is 1. The SMILES string of the molecule is CC(C)(C)NC(=O)CCNC(=O)C1CCCC1N.Cl. The molecule has 1 aliphatic rings. The number of halogens is 1. The zero-order chi connectivity index (χ0) is 13.8. The van der Waals surface area contributed by atoms with Crippen molar-refractivity contribution in [2.75, 3.05) is 6.54 Å². The lowest BCUT2D eigenvalue weighted by Crippen LogP contribution is -2.43. The van der Waals surface area contributed by atoms with Crippen LogP contribution in [-0.4, -0.2) is 29.9 Å². The standard InChI is InChI=1S/C13H25N3O2.ClH/c1-13(2,3)16-11(17)7-8-15-12(18)9-5-4-6-10(9)14;/h9-10H,4-8,14H2,1-3H3,(H,15,18)(H,16,17);1H. The summed E-state index contributed by atoms with van der Waals surface area (Å²) < 4.78 is 0. The highest BCUT2D eigenvalue weighted by molar-refractivity contribution is 5.85. The first-order chi connectivity index (χ1) is 8.29. The van der Waals surface area contributed by atoms with Crippen LogP contribution >= 0.6 is 12.4 Å². The van der Waals surface area contributed by atoms with Crippen molar-refractivity contribution in [1.29, 1.82) is 0 Å². The highest BCUT2D eigenvalue weighted by Gasteiger charge is 2.29. The van der Waals surface area contributed by atoms with Crippen molar-refractivity contribution in [1.82, 2.24) is 10.6 Å². The maximum atomic E-state index is 11.8. The van der Waals surface area contributed by atoms with E-state index in [1.165, 1.54) is 0 Å². The molecule has 5 nitrogen and oxygen atoms in total. The Hall–Kier alpha value is -0.810.